The SMILES string of the molecule is Cc1nn(C(C)C)cc1CN1CCC(N)C(C)(C)C1.Cl. The number of likely N-dealkylation sites (tertiary alicyclic amines) is 1. The smallest absolute Gasteiger partial charge is 0.0638 e. The molecule has 1 aliphatic heterocycles. The van der Waals surface area contributed by atoms with Crippen LogP contribution >= 0.6 is 12.4 Å². The molecular formula is C15H29ClN4. The second kappa shape index (κ2) is 6.46. The van der Waals surface area contributed by atoms with Crippen LogP contribution in [0, 0.1) is 12.3 Å². The molecule has 116 valence electrons. The van der Waals surface area contributed by atoms with Gasteiger partial charge in [-0.1, -0.05) is 13.8 Å². The molecule has 0 bridgehead atoms. The molecule has 0 spiro atoms. The van der Waals surface area contributed by atoms with Gasteiger partial charge in [0.05, 0.1) is 5.69 Å². The minimum Gasteiger partial charge on any atom is -0.327 e. The molecule has 20 heavy (non-hydrogen) atoms. The number of halogens is 1. The van der Waals surface area contributed by atoms with E-state index in [-0.39, 0.29) is 17.8 Å². The lowest BCUT2D eigenvalue weighted by molar-refractivity contribution is 0.0897. The number of piperidine rings is 1. The van der Waals surface area contributed by atoms with E-state index < -0.39 is 0 Å². The minimum atomic E-state index is 0. The van der Waals surface area contributed by atoms with Gasteiger partial charge in [0.15, 0.2) is 0 Å². The molecule has 1 unspecified atom stereocenters. The van der Waals surface area contributed by atoms with Crippen LogP contribution in [0.15, 0.2) is 6.20 Å². The Bertz CT molecular complexity index is 439. The van der Waals surface area contributed by atoms with Crippen LogP contribution in [0.3, 0.4) is 0 Å². The molecule has 1 aliphatic rings. The van der Waals surface area contributed by atoms with E-state index in [0.717, 1.165) is 31.7 Å². The number of aryl methyl sites for hydroxylation is 1. The van der Waals surface area contributed by atoms with Crippen molar-refractivity contribution in [1.29, 1.82) is 0 Å². The van der Waals surface area contributed by atoms with Gasteiger partial charge in [-0.15, -0.1) is 12.4 Å². The maximum atomic E-state index is 6.20. The molecule has 5 heteroatoms. The van der Waals surface area contributed by atoms with Crippen molar-refractivity contribution in [2.24, 2.45) is 11.1 Å². The zero-order chi connectivity index (χ0) is 14.2. The number of hydrogen-bond acceptors (Lipinski definition) is 3. The zero-order valence-electron chi connectivity index (χ0n) is 13.4. The van der Waals surface area contributed by atoms with E-state index in [0.29, 0.717) is 12.1 Å². The van der Waals surface area contributed by atoms with Gasteiger partial charge < -0.3 is 5.73 Å². The third-order valence-electron chi connectivity index (χ3n) is 4.33. The monoisotopic (exact) mass is 300 g/mol. The first-order chi connectivity index (χ1) is 8.79. The lowest BCUT2D eigenvalue weighted by atomic mass is 9.79. The Morgan fingerprint density at radius 3 is 2.60 bits per heavy atom. The third kappa shape index (κ3) is 3.74. The Balaban J connectivity index is 0.00000200. The van der Waals surface area contributed by atoms with Gasteiger partial charge in [-0.3, -0.25) is 9.58 Å². The van der Waals surface area contributed by atoms with Gasteiger partial charge >= 0.3 is 0 Å². The van der Waals surface area contributed by atoms with Crippen LogP contribution in [0.4, 0.5) is 0 Å². The summed E-state index contributed by atoms with van der Waals surface area (Å²) >= 11 is 0. The second-order valence-electron chi connectivity index (χ2n) is 6.91. The standard InChI is InChI=1S/C15H28N4.ClH/c1-11(2)19-9-13(12(3)17-19)8-18-7-6-14(16)15(4,5)10-18;/h9,11,14H,6-8,10,16H2,1-5H3;1H. The molecule has 1 aromatic heterocycles. The molecule has 1 saturated heterocycles. The first-order valence-corrected chi connectivity index (χ1v) is 7.32. The summed E-state index contributed by atoms with van der Waals surface area (Å²) in [7, 11) is 0. The maximum Gasteiger partial charge on any atom is 0.0638 e. The van der Waals surface area contributed by atoms with E-state index in [2.05, 4.69) is 55.5 Å². The Kier molecular flexibility index (Phi) is 5.64. The molecule has 2 rings (SSSR count). The van der Waals surface area contributed by atoms with Crippen molar-refractivity contribution in [1.82, 2.24) is 14.7 Å². The highest BCUT2D eigenvalue weighted by molar-refractivity contribution is 5.85. The summed E-state index contributed by atoms with van der Waals surface area (Å²) < 4.78 is 2.06. The topological polar surface area (TPSA) is 47.1 Å². The molecule has 0 saturated carbocycles. The van der Waals surface area contributed by atoms with E-state index in [1.807, 2.05) is 0 Å². The van der Waals surface area contributed by atoms with E-state index in [4.69, 9.17) is 5.73 Å². The van der Waals surface area contributed by atoms with Crippen molar-refractivity contribution >= 4 is 12.4 Å². The van der Waals surface area contributed by atoms with Crippen LogP contribution in [-0.2, 0) is 6.54 Å². The predicted molar refractivity (Wildman–Crippen MR) is 86.2 cm³/mol. The van der Waals surface area contributed by atoms with Crippen molar-refractivity contribution in [2.45, 2.75) is 59.7 Å². The van der Waals surface area contributed by atoms with Gasteiger partial charge in [0.25, 0.3) is 0 Å². The lowest BCUT2D eigenvalue weighted by Crippen LogP contribution is -2.52. The molecule has 2 N–H and O–H groups in total. The third-order valence-corrected chi connectivity index (χ3v) is 4.33. The van der Waals surface area contributed by atoms with Crippen molar-refractivity contribution in [3.8, 4) is 0 Å². The average Bonchev–Trinajstić information content (AvgIpc) is 2.66. The summed E-state index contributed by atoms with van der Waals surface area (Å²) in [6.45, 7) is 14.1. The Morgan fingerprint density at radius 2 is 2.10 bits per heavy atom. The van der Waals surface area contributed by atoms with E-state index in [1.54, 1.807) is 0 Å². The first-order valence-electron chi connectivity index (χ1n) is 7.32. The molecule has 1 fully saturated rings. The van der Waals surface area contributed by atoms with E-state index >= 15 is 0 Å². The highest BCUT2D eigenvalue weighted by Gasteiger charge is 2.33. The van der Waals surface area contributed by atoms with Crippen molar-refractivity contribution in [3.05, 3.63) is 17.5 Å². The summed E-state index contributed by atoms with van der Waals surface area (Å²) in [5.74, 6) is 0. The number of nitrogens with two attached hydrogens (primary N) is 1. The molecule has 0 radical (unpaired) electrons. The Labute approximate surface area is 129 Å². The quantitative estimate of drug-likeness (QED) is 0.934. The van der Waals surface area contributed by atoms with Crippen LogP contribution in [0.1, 0.15) is 51.4 Å². The van der Waals surface area contributed by atoms with Gasteiger partial charge in [0.2, 0.25) is 0 Å². The fourth-order valence-corrected chi connectivity index (χ4v) is 2.80. The van der Waals surface area contributed by atoms with Gasteiger partial charge in [-0.2, -0.15) is 5.10 Å². The highest BCUT2D eigenvalue weighted by atomic mass is 35.5. The molecule has 0 amide bonds. The summed E-state index contributed by atoms with van der Waals surface area (Å²) in [5, 5.41) is 4.59. The van der Waals surface area contributed by atoms with E-state index in [1.165, 1.54) is 5.56 Å². The van der Waals surface area contributed by atoms with Crippen LogP contribution in [0.5, 0.6) is 0 Å². The van der Waals surface area contributed by atoms with Crippen LogP contribution in [-0.4, -0.2) is 33.8 Å². The van der Waals surface area contributed by atoms with Crippen LogP contribution in [0.2, 0.25) is 0 Å². The van der Waals surface area contributed by atoms with Crippen molar-refractivity contribution in [3.63, 3.8) is 0 Å². The van der Waals surface area contributed by atoms with Gasteiger partial charge in [0, 0.05) is 43.5 Å². The first kappa shape index (κ1) is 17.5. The molecule has 0 aliphatic carbocycles. The Morgan fingerprint density at radius 1 is 1.45 bits per heavy atom. The molecule has 1 aromatic rings. The molecule has 2 heterocycles. The van der Waals surface area contributed by atoms with Gasteiger partial charge in [-0.05, 0) is 32.6 Å². The average molecular weight is 301 g/mol. The summed E-state index contributed by atoms with van der Waals surface area (Å²) in [4.78, 5) is 2.51. The highest BCUT2D eigenvalue weighted by Crippen LogP contribution is 2.28. The summed E-state index contributed by atoms with van der Waals surface area (Å²) in [6.07, 6.45) is 3.28. The van der Waals surface area contributed by atoms with Crippen LogP contribution < -0.4 is 5.73 Å². The molecule has 4 nitrogen and oxygen atoms in total. The number of aromatic nitrogens is 2. The molecular weight excluding hydrogens is 272 g/mol. The second-order valence-corrected chi connectivity index (χ2v) is 6.91. The number of hydrogen-bond donors (Lipinski definition) is 1. The molecule has 0 aromatic carbocycles. The zero-order valence-corrected chi connectivity index (χ0v) is 14.2. The van der Waals surface area contributed by atoms with E-state index in [9.17, 15) is 0 Å². The normalized spacial score (nSPS) is 22.9. The Hall–Kier alpha value is -0.580. The minimum absolute atomic E-state index is 0. The number of rotatable bonds is 3. The molecule has 1 atom stereocenters. The fraction of sp³-hybridized carbons (Fsp3) is 0.800. The number of nitrogens with zero attached hydrogens (tertiary/aromatic N) is 3. The predicted octanol–water partition coefficient (Wildman–Crippen LogP) is 2.75. The van der Waals surface area contributed by atoms with Gasteiger partial charge in [0.1, 0.15) is 0 Å². The maximum absolute atomic E-state index is 6.20. The van der Waals surface area contributed by atoms with Gasteiger partial charge in [-0.25, -0.2) is 0 Å². The summed E-state index contributed by atoms with van der Waals surface area (Å²) in [5.41, 5.74) is 8.91. The van der Waals surface area contributed by atoms with Crippen molar-refractivity contribution < 1.29 is 0 Å². The fourth-order valence-electron chi connectivity index (χ4n) is 2.80. The largest absolute Gasteiger partial charge is 0.327 e. The lowest BCUT2D eigenvalue weighted by Gasteiger charge is -2.42. The summed E-state index contributed by atoms with van der Waals surface area (Å²) in [6, 6.07) is 0.752. The van der Waals surface area contributed by atoms with Crippen molar-refractivity contribution in [2.75, 3.05) is 13.1 Å². The van der Waals surface area contributed by atoms with Crippen LogP contribution in [0.25, 0.3) is 0 Å².